The lowest BCUT2D eigenvalue weighted by atomic mass is 10.1. The van der Waals surface area contributed by atoms with Gasteiger partial charge in [0.25, 0.3) is 5.91 Å². The number of rotatable bonds is 8. The van der Waals surface area contributed by atoms with Crippen LogP contribution in [0.3, 0.4) is 0 Å². The quantitative estimate of drug-likeness (QED) is 0.576. The SMILES string of the molecule is C[C@H](CCc1ccccc1)NC(=O)[C@H](C)Oc1cc(F)ccc1[N+](=O)[O-]. The number of halogens is 1. The van der Waals surface area contributed by atoms with Gasteiger partial charge in [0.15, 0.2) is 6.10 Å². The van der Waals surface area contributed by atoms with Crippen molar-refractivity contribution in [2.24, 2.45) is 0 Å². The molecule has 0 saturated heterocycles. The van der Waals surface area contributed by atoms with Gasteiger partial charge in [0.05, 0.1) is 4.92 Å². The van der Waals surface area contributed by atoms with Gasteiger partial charge in [0, 0.05) is 18.2 Å². The second-order valence-corrected chi connectivity index (χ2v) is 6.06. The predicted molar refractivity (Wildman–Crippen MR) is 95.5 cm³/mol. The van der Waals surface area contributed by atoms with Crippen molar-refractivity contribution in [1.82, 2.24) is 5.32 Å². The molecule has 1 N–H and O–H groups in total. The average molecular weight is 360 g/mol. The maximum Gasteiger partial charge on any atom is 0.311 e. The van der Waals surface area contributed by atoms with Crippen LogP contribution in [-0.4, -0.2) is 23.0 Å². The number of aryl methyl sites for hydroxylation is 1. The fourth-order valence-corrected chi connectivity index (χ4v) is 2.44. The Morgan fingerprint density at radius 2 is 1.92 bits per heavy atom. The van der Waals surface area contributed by atoms with Crippen molar-refractivity contribution in [3.05, 3.63) is 70.0 Å². The highest BCUT2D eigenvalue weighted by atomic mass is 19.1. The lowest BCUT2D eigenvalue weighted by Gasteiger charge is -2.18. The maximum absolute atomic E-state index is 13.3. The average Bonchev–Trinajstić information content (AvgIpc) is 2.60. The second kappa shape index (κ2) is 8.94. The standard InChI is InChI=1S/C19H21FN2O4/c1-13(8-9-15-6-4-3-5-7-15)21-19(23)14(2)26-18-12-16(20)10-11-17(18)22(24)25/h3-7,10-14H,8-9H2,1-2H3,(H,21,23)/t13-,14+/m1/s1. The topological polar surface area (TPSA) is 81.5 Å². The van der Waals surface area contributed by atoms with Crippen LogP contribution in [0, 0.1) is 15.9 Å². The molecule has 0 aromatic heterocycles. The molecule has 7 heteroatoms. The number of nitrogens with one attached hydrogen (secondary N) is 1. The van der Waals surface area contributed by atoms with E-state index in [2.05, 4.69) is 5.32 Å². The Labute approximate surface area is 151 Å². The number of nitrogens with zero attached hydrogens (tertiary/aromatic N) is 1. The Morgan fingerprint density at radius 1 is 1.23 bits per heavy atom. The minimum absolute atomic E-state index is 0.101. The molecule has 1 amide bonds. The van der Waals surface area contributed by atoms with Gasteiger partial charge in [-0.2, -0.15) is 0 Å². The van der Waals surface area contributed by atoms with Gasteiger partial charge in [-0.3, -0.25) is 14.9 Å². The van der Waals surface area contributed by atoms with E-state index < -0.39 is 22.8 Å². The van der Waals surface area contributed by atoms with Crippen LogP contribution in [0.15, 0.2) is 48.5 Å². The smallest absolute Gasteiger partial charge is 0.311 e. The predicted octanol–water partition coefficient (Wildman–Crippen LogP) is 3.64. The summed E-state index contributed by atoms with van der Waals surface area (Å²) in [6, 6.07) is 12.7. The first kappa shape index (κ1) is 19.4. The van der Waals surface area contributed by atoms with Crippen LogP contribution in [0.2, 0.25) is 0 Å². The number of carbonyl (C=O) groups is 1. The number of nitro benzene ring substituents is 1. The van der Waals surface area contributed by atoms with E-state index >= 15 is 0 Å². The summed E-state index contributed by atoms with van der Waals surface area (Å²) in [5.41, 5.74) is 0.788. The van der Waals surface area contributed by atoms with Gasteiger partial charge in [-0.1, -0.05) is 30.3 Å². The molecule has 0 fully saturated rings. The number of ether oxygens (including phenoxy) is 1. The van der Waals surface area contributed by atoms with Gasteiger partial charge in [0.2, 0.25) is 5.75 Å². The number of benzene rings is 2. The lowest BCUT2D eigenvalue weighted by molar-refractivity contribution is -0.386. The monoisotopic (exact) mass is 360 g/mol. The van der Waals surface area contributed by atoms with Crippen molar-refractivity contribution in [1.29, 1.82) is 0 Å². The Balaban J connectivity index is 1.91. The summed E-state index contributed by atoms with van der Waals surface area (Å²) >= 11 is 0. The van der Waals surface area contributed by atoms with Gasteiger partial charge in [-0.15, -0.1) is 0 Å². The van der Waals surface area contributed by atoms with Crippen LogP contribution in [0.25, 0.3) is 0 Å². The van der Waals surface area contributed by atoms with Gasteiger partial charge >= 0.3 is 5.69 Å². The summed E-state index contributed by atoms with van der Waals surface area (Å²) in [7, 11) is 0. The van der Waals surface area contributed by atoms with Crippen molar-refractivity contribution in [2.75, 3.05) is 0 Å². The van der Waals surface area contributed by atoms with Crippen LogP contribution in [-0.2, 0) is 11.2 Å². The molecule has 0 spiro atoms. The van der Waals surface area contributed by atoms with Gasteiger partial charge in [-0.25, -0.2) is 4.39 Å². The van der Waals surface area contributed by atoms with E-state index in [4.69, 9.17) is 4.74 Å². The summed E-state index contributed by atoms with van der Waals surface area (Å²) in [6.45, 7) is 3.34. The molecule has 0 unspecified atom stereocenters. The summed E-state index contributed by atoms with van der Waals surface area (Å²) in [6.07, 6.45) is 0.560. The minimum Gasteiger partial charge on any atom is -0.474 e. The molecule has 0 heterocycles. The third kappa shape index (κ3) is 5.54. The van der Waals surface area contributed by atoms with Crippen LogP contribution in [0.1, 0.15) is 25.8 Å². The van der Waals surface area contributed by atoms with Crippen LogP contribution >= 0.6 is 0 Å². The third-order valence-corrected chi connectivity index (χ3v) is 3.89. The Morgan fingerprint density at radius 3 is 2.58 bits per heavy atom. The molecule has 0 aliphatic carbocycles. The van der Waals surface area contributed by atoms with E-state index in [0.717, 1.165) is 31.0 Å². The second-order valence-electron chi connectivity index (χ2n) is 6.06. The fraction of sp³-hybridized carbons (Fsp3) is 0.316. The molecule has 2 aromatic rings. The van der Waals surface area contributed by atoms with E-state index in [-0.39, 0.29) is 17.5 Å². The number of carbonyl (C=O) groups excluding carboxylic acids is 1. The summed E-state index contributed by atoms with van der Waals surface area (Å²) in [4.78, 5) is 22.5. The molecule has 2 atom stereocenters. The van der Waals surface area contributed by atoms with Crippen molar-refractivity contribution >= 4 is 11.6 Å². The fourth-order valence-electron chi connectivity index (χ4n) is 2.44. The van der Waals surface area contributed by atoms with Gasteiger partial charge in [0.1, 0.15) is 5.82 Å². The van der Waals surface area contributed by atoms with Crippen LogP contribution in [0.4, 0.5) is 10.1 Å². The molecule has 0 saturated carbocycles. The zero-order valence-electron chi connectivity index (χ0n) is 14.6. The van der Waals surface area contributed by atoms with E-state index in [0.29, 0.717) is 0 Å². The molecule has 6 nitrogen and oxygen atoms in total. The van der Waals surface area contributed by atoms with E-state index in [1.165, 1.54) is 12.5 Å². The normalized spacial score (nSPS) is 12.9. The highest BCUT2D eigenvalue weighted by molar-refractivity contribution is 5.81. The molecule has 0 bridgehead atoms. The van der Waals surface area contributed by atoms with Crippen LogP contribution in [0.5, 0.6) is 5.75 Å². The third-order valence-electron chi connectivity index (χ3n) is 3.89. The Bertz CT molecular complexity index is 767. The van der Waals surface area contributed by atoms with E-state index in [1.54, 1.807) is 0 Å². The van der Waals surface area contributed by atoms with Crippen molar-refractivity contribution in [3.63, 3.8) is 0 Å². The first-order valence-corrected chi connectivity index (χ1v) is 8.31. The zero-order chi connectivity index (χ0) is 19.1. The van der Waals surface area contributed by atoms with Gasteiger partial charge < -0.3 is 10.1 Å². The molecular formula is C19H21FN2O4. The first-order chi connectivity index (χ1) is 12.4. The number of nitro groups is 1. The largest absolute Gasteiger partial charge is 0.474 e. The van der Waals surface area contributed by atoms with E-state index in [1.807, 2.05) is 37.3 Å². The first-order valence-electron chi connectivity index (χ1n) is 8.31. The Kier molecular flexibility index (Phi) is 6.66. The number of hydrogen-bond donors (Lipinski definition) is 1. The molecule has 2 aromatic carbocycles. The number of amides is 1. The molecule has 138 valence electrons. The van der Waals surface area contributed by atoms with Crippen LogP contribution < -0.4 is 10.1 Å². The van der Waals surface area contributed by atoms with Crippen molar-refractivity contribution < 1.29 is 18.8 Å². The molecular weight excluding hydrogens is 339 g/mol. The Hall–Kier alpha value is -2.96. The summed E-state index contributed by atoms with van der Waals surface area (Å²) in [5.74, 6) is -1.35. The highest BCUT2D eigenvalue weighted by Crippen LogP contribution is 2.28. The summed E-state index contributed by atoms with van der Waals surface area (Å²) < 4.78 is 18.7. The van der Waals surface area contributed by atoms with Crippen molar-refractivity contribution in [3.8, 4) is 5.75 Å². The molecule has 0 aliphatic heterocycles. The zero-order valence-corrected chi connectivity index (χ0v) is 14.6. The minimum atomic E-state index is -0.991. The van der Waals surface area contributed by atoms with Gasteiger partial charge in [-0.05, 0) is 38.3 Å². The maximum atomic E-state index is 13.3. The highest BCUT2D eigenvalue weighted by Gasteiger charge is 2.22. The molecule has 26 heavy (non-hydrogen) atoms. The lowest BCUT2D eigenvalue weighted by Crippen LogP contribution is -2.41. The summed E-state index contributed by atoms with van der Waals surface area (Å²) in [5, 5.41) is 13.8. The number of hydrogen-bond acceptors (Lipinski definition) is 4. The van der Waals surface area contributed by atoms with Crippen molar-refractivity contribution in [2.45, 2.75) is 38.8 Å². The van der Waals surface area contributed by atoms with E-state index in [9.17, 15) is 19.3 Å². The molecule has 2 rings (SSSR count). The molecule has 0 radical (unpaired) electrons. The molecule has 0 aliphatic rings.